The summed E-state index contributed by atoms with van der Waals surface area (Å²) >= 11 is 0. The summed E-state index contributed by atoms with van der Waals surface area (Å²) in [6.45, 7) is 0. The number of nitrogens with one attached hydrogen (secondary N) is 2. The predicted molar refractivity (Wildman–Crippen MR) is 53.3 cm³/mol. The Bertz CT molecular complexity index is 333. The van der Waals surface area contributed by atoms with Crippen molar-refractivity contribution in [1.82, 2.24) is 4.91 Å². The first kappa shape index (κ1) is 13.0. The summed E-state index contributed by atoms with van der Waals surface area (Å²) in [5, 5.41) is 8.52. The SMILES string of the molecule is N=[N+]=N.NC(Cc1ccccc1)C(=O)O. The summed E-state index contributed by atoms with van der Waals surface area (Å²) in [6, 6.07) is 8.54. The average molecular weight is 209 g/mol. The lowest BCUT2D eigenvalue weighted by Crippen LogP contribution is -2.32. The van der Waals surface area contributed by atoms with Crippen LogP contribution in [0.1, 0.15) is 5.56 Å². The lowest BCUT2D eigenvalue weighted by atomic mass is 10.1. The Morgan fingerprint density at radius 2 is 1.87 bits per heavy atom. The van der Waals surface area contributed by atoms with Gasteiger partial charge < -0.3 is 10.8 Å². The zero-order chi connectivity index (χ0) is 11.7. The van der Waals surface area contributed by atoms with Crippen LogP contribution in [-0.2, 0) is 11.2 Å². The Hall–Kier alpha value is -2.04. The summed E-state index contributed by atoms with van der Waals surface area (Å²) in [5.74, 6) is -0.959. The Kier molecular flexibility index (Phi) is 6.37. The van der Waals surface area contributed by atoms with Crippen LogP contribution in [-0.4, -0.2) is 17.1 Å². The fourth-order valence-corrected chi connectivity index (χ4v) is 0.955. The fraction of sp³-hybridized carbons (Fsp3) is 0.222. The molecule has 0 aliphatic rings. The van der Waals surface area contributed by atoms with Crippen LogP contribution >= 0.6 is 0 Å². The minimum atomic E-state index is -0.959. The van der Waals surface area contributed by atoms with E-state index in [-0.39, 0.29) is 0 Å². The minimum absolute atomic E-state index is 0.385. The van der Waals surface area contributed by atoms with Crippen molar-refractivity contribution in [1.29, 1.82) is 11.1 Å². The van der Waals surface area contributed by atoms with Gasteiger partial charge in [-0.3, -0.25) is 4.79 Å². The first-order valence-corrected chi connectivity index (χ1v) is 4.17. The molecule has 0 amide bonds. The van der Waals surface area contributed by atoms with Crippen molar-refractivity contribution >= 4 is 5.97 Å². The van der Waals surface area contributed by atoms with Gasteiger partial charge in [-0.1, -0.05) is 30.3 Å². The summed E-state index contributed by atoms with van der Waals surface area (Å²) in [6.07, 6.45) is 0.385. The topological polar surface area (TPSA) is 125 Å². The molecule has 0 bridgehead atoms. The molecule has 1 aromatic rings. The first-order chi connectivity index (χ1) is 7.11. The second kappa shape index (κ2) is 7.37. The van der Waals surface area contributed by atoms with E-state index in [9.17, 15) is 4.79 Å². The Labute approximate surface area is 86.8 Å². The van der Waals surface area contributed by atoms with Gasteiger partial charge >= 0.3 is 5.97 Å². The Balaban J connectivity index is 0.000000583. The maximum absolute atomic E-state index is 10.4. The van der Waals surface area contributed by atoms with Crippen molar-refractivity contribution in [2.45, 2.75) is 12.5 Å². The highest BCUT2D eigenvalue weighted by Gasteiger charge is 2.10. The van der Waals surface area contributed by atoms with Crippen LogP contribution in [0, 0.1) is 11.1 Å². The molecule has 1 rings (SSSR count). The molecule has 6 heteroatoms. The monoisotopic (exact) mass is 209 g/mol. The maximum atomic E-state index is 10.4. The number of nitrogens with zero attached hydrogens (tertiary/aromatic N) is 1. The van der Waals surface area contributed by atoms with E-state index in [0.29, 0.717) is 6.42 Å². The number of nitrogens with two attached hydrogens (primary N) is 1. The van der Waals surface area contributed by atoms with Gasteiger partial charge in [0.05, 0.1) is 0 Å². The molecule has 0 fully saturated rings. The summed E-state index contributed by atoms with van der Waals surface area (Å²) in [7, 11) is 0. The largest absolute Gasteiger partial charge is 0.480 e. The zero-order valence-electron chi connectivity index (χ0n) is 8.05. The number of aliphatic carboxylic acids is 1. The third kappa shape index (κ3) is 6.09. The number of rotatable bonds is 3. The number of benzene rings is 1. The molecule has 0 aliphatic carbocycles. The van der Waals surface area contributed by atoms with Crippen molar-refractivity contribution < 1.29 is 9.90 Å². The summed E-state index contributed by atoms with van der Waals surface area (Å²) in [4.78, 5) is 12.4. The van der Waals surface area contributed by atoms with Crippen LogP contribution in [0.4, 0.5) is 0 Å². The fourth-order valence-electron chi connectivity index (χ4n) is 0.955. The molecule has 6 nitrogen and oxygen atoms in total. The number of carboxylic acids is 1. The Morgan fingerprint density at radius 1 is 1.40 bits per heavy atom. The highest BCUT2D eigenvalue weighted by molar-refractivity contribution is 5.73. The van der Waals surface area contributed by atoms with Crippen LogP contribution < -0.4 is 10.6 Å². The molecule has 80 valence electrons. The molecular weight excluding hydrogens is 196 g/mol. The molecule has 1 unspecified atom stereocenters. The van der Waals surface area contributed by atoms with Crippen molar-refractivity contribution in [2.75, 3.05) is 0 Å². The van der Waals surface area contributed by atoms with Crippen molar-refractivity contribution in [3.8, 4) is 0 Å². The van der Waals surface area contributed by atoms with Crippen LogP contribution in [0.15, 0.2) is 30.3 Å². The molecule has 5 N–H and O–H groups in total. The van der Waals surface area contributed by atoms with E-state index < -0.39 is 12.0 Å². The van der Waals surface area contributed by atoms with E-state index in [4.69, 9.17) is 21.9 Å². The third-order valence-electron chi connectivity index (χ3n) is 1.62. The third-order valence-corrected chi connectivity index (χ3v) is 1.62. The van der Waals surface area contributed by atoms with Gasteiger partial charge in [-0.2, -0.15) is 0 Å². The number of hydrogen-bond donors (Lipinski definition) is 4. The van der Waals surface area contributed by atoms with E-state index in [1.165, 1.54) is 0 Å². The van der Waals surface area contributed by atoms with Gasteiger partial charge in [-0.15, -0.1) is 0 Å². The minimum Gasteiger partial charge on any atom is -0.480 e. The molecule has 0 aromatic heterocycles. The normalized spacial score (nSPS) is 10.5. The summed E-state index contributed by atoms with van der Waals surface area (Å²) in [5.41, 5.74) is 17.3. The standard InChI is InChI=1S/C9H11NO2.H2N3/c10-8(9(11)12)6-7-4-2-1-3-5-7;1-3-2/h1-5,8H,6,10H2,(H,11,12);1-2H/q;+1. The van der Waals surface area contributed by atoms with Crippen LogP contribution in [0.2, 0.25) is 0 Å². The lowest BCUT2D eigenvalue weighted by Gasteiger charge is -2.04. The summed E-state index contributed by atoms with van der Waals surface area (Å²) < 4.78 is 0. The molecule has 1 atom stereocenters. The van der Waals surface area contributed by atoms with Gasteiger partial charge in [-0.05, 0) is 12.0 Å². The number of carboxylic acid groups (broad SMARTS) is 1. The lowest BCUT2D eigenvalue weighted by molar-refractivity contribution is -0.138. The maximum Gasteiger partial charge on any atom is 0.320 e. The van der Waals surface area contributed by atoms with Crippen LogP contribution in [0.3, 0.4) is 0 Å². The van der Waals surface area contributed by atoms with E-state index in [2.05, 4.69) is 0 Å². The molecule has 0 heterocycles. The number of carbonyl (C=O) groups is 1. The predicted octanol–water partition coefficient (Wildman–Crippen LogP) is 0.757. The van der Waals surface area contributed by atoms with E-state index >= 15 is 0 Å². The smallest absolute Gasteiger partial charge is 0.320 e. The second-order valence-corrected chi connectivity index (χ2v) is 2.75. The molecule has 0 spiro atoms. The molecule has 0 radical (unpaired) electrons. The van der Waals surface area contributed by atoms with E-state index in [0.717, 1.165) is 5.56 Å². The van der Waals surface area contributed by atoms with Gasteiger partial charge in [-0.25, -0.2) is 0 Å². The van der Waals surface area contributed by atoms with Gasteiger partial charge in [0.2, 0.25) is 4.91 Å². The number of hydrogen-bond acceptors (Lipinski definition) is 4. The van der Waals surface area contributed by atoms with Crippen LogP contribution in [0.5, 0.6) is 0 Å². The molecule has 15 heavy (non-hydrogen) atoms. The Morgan fingerprint density at radius 3 is 2.27 bits per heavy atom. The van der Waals surface area contributed by atoms with Gasteiger partial charge in [0.1, 0.15) is 17.1 Å². The quantitative estimate of drug-likeness (QED) is 0.433. The van der Waals surface area contributed by atoms with Gasteiger partial charge in [0.15, 0.2) is 0 Å². The highest BCUT2D eigenvalue weighted by Crippen LogP contribution is 2.01. The second-order valence-electron chi connectivity index (χ2n) is 2.75. The van der Waals surface area contributed by atoms with Gasteiger partial charge in [0, 0.05) is 0 Å². The van der Waals surface area contributed by atoms with E-state index in [1.807, 2.05) is 35.2 Å². The average Bonchev–Trinajstić information content (AvgIpc) is 2.20. The van der Waals surface area contributed by atoms with Crippen molar-refractivity contribution in [2.24, 2.45) is 5.73 Å². The zero-order valence-corrected chi connectivity index (χ0v) is 8.05. The van der Waals surface area contributed by atoms with Gasteiger partial charge in [0.25, 0.3) is 0 Å². The van der Waals surface area contributed by atoms with Crippen LogP contribution in [0.25, 0.3) is 0 Å². The molecule has 0 saturated carbocycles. The van der Waals surface area contributed by atoms with E-state index in [1.54, 1.807) is 0 Å². The van der Waals surface area contributed by atoms with Crippen molar-refractivity contribution in [3.05, 3.63) is 35.9 Å². The highest BCUT2D eigenvalue weighted by atomic mass is 16.4. The molecule has 1 aromatic carbocycles. The van der Waals surface area contributed by atoms with Crippen molar-refractivity contribution in [3.63, 3.8) is 0 Å². The molecular formula is C9H13N4O2+. The molecule has 0 saturated heterocycles. The first-order valence-electron chi connectivity index (χ1n) is 4.17. The molecule has 0 aliphatic heterocycles.